The number of hydrogen-bond acceptors (Lipinski definition) is 6. The molecule has 0 saturated heterocycles. The summed E-state index contributed by atoms with van der Waals surface area (Å²) in [6.07, 6.45) is 1.20. The molecule has 2 aromatic heterocycles. The number of esters is 1. The van der Waals surface area contributed by atoms with Crippen LogP contribution in [0, 0.1) is 6.92 Å². The van der Waals surface area contributed by atoms with Crippen molar-refractivity contribution in [3.63, 3.8) is 0 Å². The number of carbonyl (C=O) groups excluding carboxylic acids is 2. The lowest BCUT2D eigenvalue weighted by Gasteiger charge is -2.28. The van der Waals surface area contributed by atoms with Crippen molar-refractivity contribution in [1.82, 2.24) is 20.4 Å². The number of allylic oxidation sites excluding steroid dienone is 1. The van der Waals surface area contributed by atoms with E-state index in [1.54, 1.807) is 26.0 Å². The average Bonchev–Trinajstić information content (AvgIpc) is 3.08. The van der Waals surface area contributed by atoms with Gasteiger partial charge < -0.3 is 19.8 Å². The first-order chi connectivity index (χ1) is 13.3. The van der Waals surface area contributed by atoms with Crippen molar-refractivity contribution in [2.45, 2.75) is 26.4 Å². The summed E-state index contributed by atoms with van der Waals surface area (Å²) < 4.78 is 11.7. The first kappa shape index (κ1) is 20.0. The summed E-state index contributed by atoms with van der Waals surface area (Å²) in [6.45, 7) is 3.29. The quantitative estimate of drug-likeness (QED) is 0.708. The molecule has 0 radical (unpaired) electrons. The summed E-state index contributed by atoms with van der Waals surface area (Å²) in [5.41, 5.74) is -0.437. The molecule has 11 heteroatoms. The lowest BCUT2D eigenvalue weighted by atomic mass is 10.00. The van der Waals surface area contributed by atoms with Crippen LogP contribution in [0.25, 0.3) is 0 Å². The van der Waals surface area contributed by atoms with Crippen molar-refractivity contribution < 1.29 is 18.7 Å². The number of urea groups is 1. The predicted octanol–water partition coefficient (Wildman–Crippen LogP) is 2.32. The molecular weight excluding hydrogens is 411 g/mol. The second-order valence-corrected chi connectivity index (χ2v) is 6.65. The second-order valence-electron chi connectivity index (χ2n) is 5.86. The minimum absolute atomic E-state index is 0.000737. The van der Waals surface area contributed by atoms with Gasteiger partial charge in [-0.1, -0.05) is 23.2 Å². The van der Waals surface area contributed by atoms with Crippen molar-refractivity contribution >= 4 is 35.2 Å². The SMILES string of the molecule is CCOC(=O)C1=C(Cn2ncc(Cl)c(Cl)c2=O)NC(=O)N[C@H]1c1ccc(C)o1. The Balaban J connectivity index is 2.11. The van der Waals surface area contributed by atoms with Crippen LogP contribution in [0.2, 0.25) is 10.0 Å². The summed E-state index contributed by atoms with van der Waals surface area (Å²) in [5, 5.41) is 8.85. The van der Waals surface area contributed by atoms with Crippen molar-refractivity contribution in [2.75, 3.05) is 6.61 Å². The Bertz CT molecular complexity index is 1030. The van der Waals surface area contributed by atoms with E-state index in [0.29, 0.717) is 11.5 Å². The molecule has 1 aliphatic heterocycles. The van der Waals surface area contributed by atoms with Gasteiger partial charge >= 0.3 is 12.0 Å². The Morgan fingerprint density at radius 1 is 1.36 bits per heavy atom. The van der Waals surface area contributed by atoms with Crippen LogP contribution in [0.3, 0.4) is 0 Å². The number of aryl methyl sites for hydroxylation is 1. The number of hydrogen-bond donors (Lipinski definition) is 2. The van der Waals surface area contributed by atoms with Crippen LogP contribution in [0.5, 0.6) is 0 Å². The van der Waals surface area contributed by atoms with Gasteiger partial charge in [0.1, 0.15) is 22.6 Å². The first-order valence-electron chi connectivity index (χ1n) is 8.27. The lowest BCUT2D eigenvalue weighted by molar-refractivity contribution is -0.139. The fraction of sp³-hybridized carbons (Fsp3) is 0.294. The van der Waals surface area contributed by atoms with Crippen molar-refractivity contribution in [1.29, 1.82) is 0 Å². The van der Waals surface area contributed by atoms with E-state index in [2.05, 4.69) is 15.7 Å². The maximum Gasteiger partial charge on any atom is 0.338 e. The second kappa shape index (κ2) is 8.07. The molecule has 0 aromatic carbocycles. The maximum atomic E-state index is 12.6. The number of nitrogens with one attached hydrogen (secondary N) is 2. The number of rotatable bonds is 5. The molecule has 28 heavy (non-hydrogen) atoms. The lowest BCUT2D eigenvalue weighted by Crippen LogP contribution is -2.47. The van der Waals surface area contributed by atoms with E-state index in [0.717, 1.165) is 4.68 Å². The van der Waals surface area contributed by atoms with Crippen molar-refractivity contribution in [2.24, 2.45) is 0 Å². The molecule has 0 spiro atoms. The third-order valence-corrected chi connectivity index (χ3v) is 4.69. The Kier molecular flexibility index (Phi) is 5.76. The number of amides is 2. The standard InChI is InChI=1S/C17H16Cl2N4O5/c1-3-27-16(25)12-10(7-23-15(24)13(19)9(18)6-20-23)21-17(26)22-14(12)11-5-4-8(2)28-11/h4-6,14H,3,7H2,1-2H3,(H2,21,22,26)/t14-/m0/s1. The summed E-state index contributed by atoms with van der Waals surface area (Å²) in [5.74, 6) is 0.286. The van der Waals surface area contributed by atoms with Gasteiger partial charge in [0.15, 0.2) is 0 Å². The van der Waals surface area contributed by atoms with Gasteiger partial charge in [-0.05, 0) is 26.0 Å². The molecule has 3 heterocycles. The smallest absolute Gasteiger partial charge is 0.338 e. The molecule has 1 atom stereocenters. The number of aromatic nitrogens is 2. The number of ether oxygens (including phenoxy) is 1. The molecule has 0 aliphatic carbocycles. The van der Waals surface area contributed by atoms with E-state index in [1.807, 2.05) is 0 Å². The minimum Gasteiger partial charge on any atom is -0.464 e. The third-order valence-electron chi connectivity index (χ3n) is 3.94. The molecule has 0 saturated carbocycles. The van der Waals surface area contributed by atoms with Gasteiger partial charge in [0.2, 0.25) is 0 Å². The molecule has 0 bridgehead atoms. The van der Waals surface area contributed by atoms with Crippen molar-refractivity contribution in [3.05, 3.63) is 61.5 Å². The van der Waals surface area contributed by atoms with E-state index in [4.69, 9.17) is 32.4 Å². The van der Waals surface area contributed by atoms with Gasteiger partial charge in [0.25, 0.3) is 5.56 Å². The van der Waals surface area contributed by atoms with Gasteiger partial charge in [-0.2, -0.15) is 5.10 Å². The Morgan fingerprint density at radius 2 is 2.11 bits per heavy atom. The normalized spacial score (nSPS) is 16.6. The maximum absolute atomic E-state index is 12.6. The highest BCUT2D eigenvalue weighted by molar-refractivity contribution is 6.41. The molecule has 3 rings (SSSR count). The van der Waals surface area contributed by atoms with Crippen LogP contribution >= 0.6 is 23.2 Å². The third kappa shape index (κ3) is 3.90. The Morgan fingerprint density at radius 3 is 2.75 bits per heavy atom. The van der Waals surface area contributed by atoms with Crippen LogP contribution in [-0.2, 0) is 16.1 Å². The molecule has 0 fully saturated rings. The highest BCUT2D eigenvalue weighted by Crippen LogP contribution is 2.29. The summed E-state index contributed by atoms with van der Waals surface area (Å²) in [4.78, 5) is 37.1. The molecule has 9 nitrogen and oxygen atoms in total. The zero-order chi connectivity index (χ0) is 20.4. The zero-order valence-corrected chi connectivity index (χ0v) is 16.4. The Labute approximate surface area is 169 Å². The van der Waals surface area contributed by atoms with E-state index in [9.17, 15) is 14.4 Å². The Hall–Kier alpha value is -2.78. The average molecular weight is 427 g/mol. The largest absolute Gasteiger partial charge is 0.464 e. The zero-order valence-electron chi connectivity index (χ0n) is 14.9. The first-order valence-corrected chi connectivity index (χ1v) is 9.02. The summed E-state index contributed by atoms with van der Waals surface area (Å²) in [6, 6.07) is 1.88. The van der Waals surface area contributed by atoms with Crippen LogP contribution in [0.4, 0.5) is 4.79 Å². The van der Waals surface area contributed by atoms with E-state index >= 15 is 0 Å². The van der Waals surface area contributed by atoms with E-state index in [1.165, 1.54) is 6.20 Å². The van der Waals surface area contributed by atoms with Crippen LogP contribution < -0.4 is 16.2 Å². The molecule has 2 aromatic rings. The molecular formula is C17H16Cl2N4O5. The van der Waals surface area contributed by atoms with Crippen LogP contribution in [0.15, 0.2) is 38.8 Å². The molecule has 148 valence electrons. The summed E-state index contributed by atoms with van der Waals surface area (Å²) in [7, 11) is 0. The fourth-order valence-corrected chi connectivity index (χ4v) is 2.99. The minimum atomic E-state index is -0.894. The number of furan rings is 1. The molecule has 2 N–H and O–H groups in total. The summed E-state index contributed by atoms with van der Waals surface area (Å²) >= 11 is 11.7. The molecule has 0 unspecified atom stereocenters. The molecule has 1 aliphatic rings. The highest BCUT2D eigenvalue weighted by Gasteiger charge is 2.35. The predicted molar refractivity (Wildman–Crippen MR) is 100 cm³/mol. The van der Waals surface area contributed by atoms with Gasteiger partial charge in [-0.3, -0.25) is 4.79 Å². The van der Waals surface area contributed by atoms with Gasteiger partial charge in [-0.25, -0.2) is 14.3 Å². The van der Waals surface area contributed by atoms with E-state index < -0.39 is 23.6 Å². The van der Waals surface area contributed by atoms with Gasteiger partial charge in [0.05, 0.1) is 35.6 Å². The van der Waals surface area contributed by atoms with Gasteiger partial charge in [-0.15, -0.1) is 0 Å². The van der Waals surface area contributed by atoms with Gasteiger partial charge in [0, 0.05) is 0 Å². The van der Waals surface area contributed by atoms with Crippen LogP contribution in [0.1, 0.15) is 24.5 Å². The topological polar surface area (TPSA) is 115 Å². The molecule has 2 amide bonds. The van der Waals surface area contributed by atoms with Crippen molar-refractivity contribution in [3.8, 4) is 0 Å². The van der Waals surface area contributed by atoms with E-state index in [-0.39, 0.29) is 34.5 Å². The van der Waals surface area contributed by atoms with Crippen LogP contribution in [-0.4, -0.2) is 28.4 Å². The fourth-order valence-electron chi connectivity index (χ4n) is 2.72. The number of halogens is 2. The number of nitrogens with zero attached hydrogens (tertiary/aromatic N) is 2. The number of carbonyl (C=O) groups is 2. The monoisotopic (exact) mass is 426 g/mol. The highest BCUT2D eigenvalue weighted by atomic mass is 35.5.